The van der Waals surface area contributed by atoms with Gasteiger partial charge in [0.2, 0.25) is 0 Å². The van der Waals surface area contributed by atoms with Crippen LogP contribution in [0.4, 0.5) is 0 Å². The van der Waals surface area contributed by atoms with Crippen LogP contribution in [0.1, 0.15) is 30.1 Å². The molecule has 0 saturated carbocycles. The summed E-state index contributed by atoms with van der Waals surface area (Å²) in [5, 5.41) is 0.636. The number of likely N-dealkylation sites (tertiary alicyclic amines) is 1. The van der Waals surface area contributed by atoms with Gasteiger partial charge in [-0.05, 0) is 45.8 Å². The van der Waals surface area contributed by atoms with E-state index in [0.29, 0.717) is 11.1 Å². The Balaban J connectivity index is 2.15. The van der Waals surface area contributed by atoms with E-state index in [-0.39, 0.29) is 0 Å². The third kappa shape index (κ3) is 2.47. The molecular formula is C11H16ClN3. The molecule has 0 unspecified atom stereocenters. The molecule has 1 aromatic rings. The zero-order valence-electron chi connectivity index (χ0n) is 9.20. The summed E-state index contributed by atoms with van der Waals surface area (Å²) in [6.07, 6.45) is 4.20. The number of halogens is 1. The molecule has 3 nitrogen and oxygen atoms in total. The zero-order chi connectivity index (χ0) is 10.8. The highest BCUT2D eigenvalue weighted by atomic mass is 35.5. The van der Waals surface area contributed by atoms with Crippen LogP contribution >= 0.6 is 11.6 Å². The molecule has 0 N–H and O–H groups in total. The van der Waals surface area contributed by atoms with E-state index in [1.165, 1.54) is 0 Å². The molecule has 2 heterocycles. The van der Waals surface area contributed by atoms with Crippen LogP contribution in [0, 0.1) is 6.92 Å². The zero-order valence-corrected chi connectivity index (χ0v) is 9.96. The summed E-state index contributed by atoms with van der Waals surface area (Å²) < 4.78 is 0. The number of piperidine rings is 1. The molecule has 0 aliphatic carbocycles. The number of nitrogens with zero attached hydrogens (tertiary/aromatic N) is 3. The SMILES string of the molecule is Cc1ncc(C2CCN(C)CC2)c(Cl)n1. The number of rotatable bonds is 1. The van der Waals surface area contributed by atoms with Crippen LogP contribution in [-0.2, 0) is 0 Å². The predicted molar refractivity (Wildman–Crippen MR) is 61.3 cm³/mol. The van der Waals surface area contributed by atoms with E-state index in [1.807, 2.05) is 13.1 Å². The van der Waals surface area contributed by atoms with Crippen LogP contribution in [0.2, 0.25) is 5.15 Å². The summed E-state index contributed by atoms with van der Waals surface area (Å²) in [5.74, 6) is 1.28. The lowest BCUT2D eigenvalue weighted by Crippen LogP contribution is -2.29. The summed E-state index contributed by atoms with van der Waals surface area (Å²) >= 11 is 6.13. The van der Waals surface area contributed by atoms with E-state index >= 15 is 0 Å². The number of hydrogen-bond acceptors (Lipinski definition) is 3. The first-order valence-electron chi connectivity index (χ1n) is 5.34. The molecule has 0 bridgehead atoms. The quantitative estimate of drug-likeness (QED) is 0.687. The van der Waals surface area contributed by atoms with Crippen molar-refractivity contribution in [1.29, 1.82) is 0 Å². The Morgan fingerprint density at radius 3 is 2.67 bits per heavy atom. The molecular weight excluding hydrogens is 210 g/mol. The van der Waals surface area contributed by atoms with Crippen molar-refractivity contribution < 1.29 is 0 Å². The van der Waals surface area contributed by atoms with E-state index < -0.39 is 0 Å². The molecule has 0 amide bonds. The topological polar surface area (TPSA) is 29.0 Å². The molecule has 0 aromatic carbocycles. The molecule has 0 atom stereocenters. The maximum Gasteiger partial charge on any atom is 0.136 e. The molecule has 82 valence electrons. The molecule has 4 heteroatoms. The summed E-state index contributed by atoms with van der Waals surface area (Å²) in [7, 11) is 2.16. The van der Waals surface area contributed by atoms with Crippen molar-refractivity contribution in [2.24, 2.45) is 0 Å². The normalized spacial score (nSPS) is 19.4. The molecule has 15 heavy (non-hydrogen) atoms. The minimum atomic E-state index is 0.536. The van der Waals surface area contributed by atoms with Crippen molar-refractivity contribution in [2.75, 3.05) is 20.1 Å². The Morgan fingerprint density at radius 2 is 2.07 bits per heavy atom. The fraction of sp³-hybridized carbons (Fsp3) is 0.636. The van der Waals surface area contributed by atoms with Crippen LogP contribution in [0.5, 0.6) is 0 Å². The first-order chi connectivity index (χ1) is 7.16. The third-order valence-corrected chi connectivity index (χ3v) is 3.35. The average Bonchev–Trinajstić information content (AvgIpc) is 2.20. The van der Waals surface area contributed by atoms with Gasteiger partial charge in [0.1, 0.15) is 11.0 Å². The average molecular weight is 226 g/mol. The molecule has 1 aromatic heterocycles. The smallest absolute Gasteiger partial charge is 0.136 e. The van der Waals surface area contributed by atoms with Crippen molar-refractivity contribution >= 4 is 11.6 Å². The Bertz CT molecular complexity index is 346. The highest BCUT2D eigenvalue weighted by molar-refractivity contribution is 6.30. The Kier molecular flexibility index (Phi) is 3.22. The van der Waals surface area contributed by atoms with Crippen LogP contribution in [0.15, 0.2) is 6.20 Å². The Morgan fingerprint density at radius 1 is 1.40 bits per heavy atom. The molecule has 1 saturated heterocycles. The molecule has 1 fully saturated rings. The molecule has 1 aliphatic rings. The van der Waals surface area contributed by atoms with Crippen molar-refractivity contribution in [3.05, 3.63) is 22.7 Å². The first kappa shape index (κ1) is 10.8. The minimum Gasteiger partial charge on any atom is -0.306 e. The number of hydrogen-bond donors (Lipinski definition) is 0. The number of aromatic nitrogens is 2. The molecule has 2 rings (SSSR count). The number of aryl methyl sites for hydroxylation is 1. The summed E-state index contributed by atoms with van der Waals surface area (Å²) in [5.41, 5.74) is 1.12. The fourth-order valence-electron chi connectivity index (χ4n) is 2.05. The Hall–Kier alpha value is -0.670. The predicted octanol–water partition coefficient (Wildman–Crippen LogP) is 2.25. The van der Waals surface area contributed by atoms with E-state index in [1.54, 1.807) is 0 Å². The van der Waals surface area contributed by atoms with Crippen molar-refractivity contribution in [3.63, 3.8) is 0 Å². The van der Waals surface area contributed by atoms with Gasteiger partial charge in [0.25, 0.3) is 0 Å². The van der Waals surface area contributed by atoms with Gasteiger partial charge in [0.15, 0.2) is 0 Å². The second kappa shape index (κ2) is 4.45. The van der Waals surface area contributed by atoms with Gasteiger partial charge >= 0.3 is 0 Å². The van der Waals surface area contributed by atoms with E-state index in [9.17, 15) is 0 Å². The van der Waals surface area contributed by atoms with Gasteiger partial charge in [-0.25, -0.2) is 9.97 Å². The second-order valence-corrected chi connectivity index (χ2v) is 4.60. The lowest BCUT2D eigenvalue weighted by molar-refractivity contribution is 0.255. The molecule has 1 aliphatic heterocycles. The van der Waals surface area contributed by atoms with Gasteiger partial charge in [-0.15, -0.1) is 0 Å². The van der Waals surface area contributed by atoms with Crippen LogP contribution < -0.4 is 0 Å². The van der Waals surface area contributed by atoms with Crippen molar-refractivity contribution in [1.82, 2.24) is 14.9 Å². The van der Waals surface area contributed by atoms with Gasteiger partial charge < -0.3 is 4.90 Å². The van der Waals surface area contributed by atoms with E-state index in [2.05, 4.69) is 21.9 Å². The molecule has 0 spiro atoms. The van der Waals surface area contributed by atoms with E-state index in [0.717, 1.165) is 37.3 Å². The van der Waals surface area contributed by atoms with E-state index in [4.69, 9.17) is 11.6 Å². The summed E-state index contributed by atoms with van der Waals surface area (Å²) in [6, 6.07) is 0. The monoisotopic (exact) mass is 225 g/mol. The maximum atomic E-state index is 6.13. The maximum absolute atomic E-state index is 6.13. The van der Waals surface area contributed by atoms with Gasteiger partial charge in [-0.1, -0.05) is 11.6 Å². The van der Waals surface area contributed by atoms with Crippen LogP contribution in [0.3, 0.4) is 0 Å². The summed E-state index contributed by atoms with van der Waals surface area (Å²) in [6.45, 7) is 4.13. The largest absolute Gasteiger partial charge is 0.306 e. The Labute approximate surface area is 95.5 Å². The van der Waals surface area contributed by atoms with Crippen LogP contribution in [0.25, 0.3) is 0 Å². The van der Waals surface area contributed by atoms with Gasteiger partial charge in [-0.2, -0.15) is 0 Å². The van der Waals surface area contributed by atoms with Crippen molar-refractivity contribution in [3.8, 4) is 0 Å². The molecule has 0 radical (unpaired) electrons. The summed E-state index contributed by atoms with van der Waals surface area (Å²) in [4.78, 5) is 10.8. The minimum absolute atomic E-state index is 0.536. The van der Waals surface area contributed by atoms with Gasteiger partial charge in [-0.3, -0.25) is 0 Å². The highest BCUT2D eigenvalue weighted by Gasteiger charge is 2.21. The standard InChI is InChI=1S/C11H16ClN3/c1-8-13-7-10(11(12)14-8)9-3-5-15(2)6-4-9/h7,9H,3-6H2,1-2H3. The fourth-order valence-corrected chi connectivity index (χ4v) is 2.37. The second-order valence-electron chi connectivity index (χ2n) is 4.24. The van der Waals surface area contributed by atoms with Gasteiger partial charge in [0.05, 0.1) is 0 Å². The third-order valence-electron chi connectivity index (χ3n) is 3.05. The van der Waals surface area contributed by atoms with Gasteiger partial charge in [0, 0.05) is 11.8 Å². The van der Waals surface area contributed by atoms with Crippen molar-refractivity contribution in [2.45, 2.75) is 25.7 Å². The lowest BCUT2D eigenvalue weighted by Gasteiger charge is -2.29. The van der Waals surface area contributed by atoms with Crippen LogP contribution in [-0.4, -0.2) is 35.0 Å². The first-order valence-corrected chi connectivity index (χ1v) is 5.72. The lowest BCUT2D eigenvalue weighted by atomic mass is 9.91. The highest BCUT2D eigenvalue weighted by Crippen LogP contribution is 2.30.